The van der Waals surface area contributed by atoms with E-state index in [2.05, 4.69) is 14.8 Å². The van der Waals surface area contributed by atoms with E-state index in [1.54, 1.807) is 6.07 Å². The van der Waals surface area contributed by atoms with Gasteiger partial charge in [-0.15, -0.1) is 0 Å². The number of rotatable bonds is 6. The largest absolute Gasteiger partial charge is 0.365 e. The van der Waals surface area contributed by atoms with Gasteiger partial charge in [-0.05, 0) is 41.9 Å². The second-order valence-electron chi connectivity index (χ2n) is 4.94. The SMILES string of the molecule is NCCCCN1CCN(c2cccc([N+](=O)[O-])n2)CC1. The number of nitro groups is 1. The number of anilines is 1. The van der Waals surface area contributed by atoms with Gasteiger partial charge in [-0.25, -0.2) is 0 Å². The molecule has 1 aromatic heterocycles. The Morgan fingerprint density at radius 1 is 1.25 bits per heavy atom. The van der Waals surface area contributed by atoms with Gasteiger partial charge in [0.2, 0.25) is 5.82 Å². The van der Waals surface area contributed by atoms with E-state index in [1.807, 2.05) is 6.07 Å². The summed E-state index contributed by atoms with van der Waals surface area (Å²) < 4.78 is 0. The molecule has 110 valence electrons. The van der Waals surface area contributed by atoms with Crippen LogP contribution in [0.2, 0.25) is 0 Å². The van der Waals surface area contributed by atoms with Crippen LogP contribution in [0.15, 0.2) is 18.2 Å². The number of hydrogen-bond acceptors (Lipinski definition) is 6. The molecule has 0 amide bonds. The number of unbranched alkanes of at least 4 members (excludes halogenated alkanes) is 1. The van der Waals surface area contributed by atoms with Gasteiger partial charge < -0.3 is 20.7 Å². The second-order valence-corrected chi connectivity index (χ2v) is 4.94. The summed E-state index contributed by atoms with van der Waals surface area (Å²) in [5.74, 6) is 0.605. The molecule has 7 heteroatoms. The van der Waals surface area contributed by atoms with Crippen molar-refractivity contribution >= 4 is 11.6 Å². The van der Waals surface area contributed by atoms with Gasteiger partial charge in [0, 0.05) is 38.3 Å². The number of hydrogen-bond donors (Lipinski definition) is 1. The van der Waals surface area contributed by atoms with Crippen LogP contribution in [0.1, 0.15) is 12.8 Å². The van der Waals surface area contributed by atoms with Gasteiger partial charge in [0.15, 0.2) is 0 Å². The van der Waals surface area contributed by atoms with Crippen molar-refractivity contribution in [1.82, 2.24) is 9.88 Å². The van der Waals surface area contributed by atoms with E-state index < -0.39 is 4.92 Å². The molecule has 0 unspecified atom stereocenters. The Bertz CT molecular complexity index is 446. The van der Waals surface area contributed by atoms with Crippen LogP contribution < -0.4 is 10.6 Å². The van der Waals surface area contributed by atoms with Gasteiger partial charge in [-0.1, -0.05) is 0 Å². The Morgan fingerprint density at radius 2 is 2.00 bits per heavy atom. The molecular formula is C13H21N5O2. The third-order valence-electron chi connectivity index (χ3n) is 3.53. The smallest absolute Gasteiger partial charge is 0.358 e. The second kappa shape index (κ2) is 7.16. The molecule has 7 nitrogen and oxygen atoms in total. The number of nitrogens with zero attached hydrogens (tertiary/aromatic N) is 4. The summed E-state index contributed by atoms with van der Waals surface area (Å²) in [6.45, 7) is 5.47. The molecular weight excluding hydrogens is 258 g/mol. The molecule has 1 fully saturated rings. The first-order valence-electron chi connectivity index (χ1n) is 6.99. The van der Waals surface area contributed by atoms with Crippen molar-refractivity contribution in [2.24, 2.45) is 5.73 Å². The average molecular weight is 279 g/mol. The van der Waals surface area contributed by atoms with E-state index in [-0.39, 0.29) is 5.82 Å². The Morgan fingerprint density at radius 3 is 2.65 bits per heavy atom. The highest BCUT2D eigenvalue weighted by Crippen LogP contribution is 2.17. The van der Waals surface area contributed by atoms with Gasteiger partial charge in [0.1, 0.15) is 0 Å². The molecule has 0 aliphatic carbocycles. The van der Waals surface area contributed by atoms with Crippen LogP contribution >= 0.6 is 0 Å². The molecule has 1 aliphatic rings. The van der Waals surface area contributed by atoms with E-state index in [0.717, 1.165) is 52.1 Å². The molecule has 1 aromatic rings. The van der Waals surface area contributed by atoms with Crippen molar-refractivity contribution in [3.05, 3.63) is 28.3 Å². The lowest BCUT2D eigenvalue weighted by atomic mass is 10.2. The number of pyridine rings is 1. The highest BCUT2D eigenvalue weighted by atomic mass is 16.6. The molecule has 0 radical (unpaired) electrons. The van der Waals surface area contributed by atoms with Gasteiger partial charge in [-0.2, -0.15) is 0 Å². The van der Waals surface area contributed by atoms with E-state index in [0.29, 0.717) is 5.82 Å². The zero-order valence-corrected chi connectivity index (χ0v) is 11.6. The van der Waals surface area contributed by atoms with Crippen LogP contribution in [0.4, 0.5) is 11.6 Å². The third-order valence-corrected chi connectivity index (χ3v) is 3.53. The lowest BCUT2D eigenvalue weighted by molar-refractivity contribution is -0.389. The molecule has 2 heterocycles. The quantitative estimate of drug-likeness (QED) is 0.472. The van der Waals surface area contributed by atoms with Crippen molar-refractivity contribution in [3.8, 4) is 0 Å². The molecule has 0 saturated carbocycles. The fourth-order valence-electron chi connectivity index (χ4n) is 2.37. The van der Waals surface area contributed by atoms with Crippen LogP contribution in [0.5, 0.6) is 0 Å². The van der Waals surface area contributed by atoms with Gasteiger partial charge >= 0.3 is 5.82 Å². The van der Waals surface area contributed by atoms with Gasteiger partial charge in [-0.3, -0.25) is 4.90 Å². The lowest BCUT2D eigenvalue weighted by Crippen LogP contribution is -2.47. The first-order chi connectivity index (χ1) is 9.70. The molecule has 0 bridgehead atoms. The van der Waals surface area contributed by atoms with Crippen LogP contribution in [0, 0.1) is 10.1 Å². The summed E-state index contributed by atoms with van der Waals surface area (Å²) in [6, 6.07) is 4.94. The van der Waals surface area contributed by atoms with Crippen LogP contribution in [-0.2, 0) is 0 Å². The first kappa shape index (κ1) is 14.7. The summed E-state index contributed by atoms with van der Waals surface area (Å²) >= 11 is 0. The van der Waals surface area contributed by atoms with Gasteiger partial charge in [0.05, 0.1) is 0 Å². The van der Waals surface area contributed by atoms with Crippen LogP contribution in [0.25, 0.3) is 0 Å². The van der Waals surface area contributed by atoms with E-state index in [4.69, 9.17) is 5.73 Å². The predicted octanol–water partition coefficient (Wildman–Crippen LogP) is 0.851. The Hall–Kier alpha value is -1.73. The summed E-state index contributed by atoms with van der Waals surface area (Å²) in [6.07, 6.45) is 2.19. The molecule has 1 aliphatic heterocycles. The van der Waals surface area contributed by atoms with Crippen molar-refractivity contribution in [2.45, 2.75) is 12.8 Å². The summed E-state index contributed by atoms with van der Waals surface area (Å²) in [4.78, 5) is 18.9. The van der Waals surface area contributed by atoms with E-state index >= 15 is 0 Å². The molecule has 2 N–H and O–H groups in total. The number of piperazine rings is 1. The summed E-state index contributed by atoms with van der Waals surface area (Å²) in [5, 5.41) is 10.7. The molecule has 1 saturated heterocycles. The Kier molecular flexibility index (Phi) is 5.25. The molecule has 0 aromatic carbocycles. The highest BCUT2D eigenvalue weighted by molar-refractivity contribution is 5.42. The molecule has 0 atom stereocenters. The van der Waals surface area contributed by atoms with Gasteiger partial charge in [0.25, 0.3) is 0 Å². The van der Waals surface area contributed by atoms with Crippen molar-refractivity contribution in [3.63, 3.8) is 0 Å². The maximum atomic E-state index is 10.7. The molecule has 20 heavy (non-hydrogen) atoms. The molecule has 0 spiro atoms. The first-order valence-corrected chi connectivity index (χ1v) is 6.99. The minimum absolute atomic E-state index is 0.0899. The van der Waals surface area contributed by atoms with E-state index in [1.165, 1.54) is 6.07 Å². The Labute approximate surface area is 118 Å². The third kappa shape index (κ3) is 3.88. The minimum Gasteiger partial charge on any atom is -0.358 e. The van der Waals surface area contributed by atoms with Crippen molar-refractivity contribution < 1.29 is 4.92 Å². The average Bonchev–Trinajstić information content (AvgIpc) is 2.48. The topological polar surface area (TPSA) is 88.5 Å². The Balaban J connectivity index is 1.87. The molecule has 2 rings (SSSR count). The number of aromatic nitrogens is 1. The maximum absolute atomic E-state index is 10.7. The van der Waals surface area contributed by atoms with E-state index in [9.17, 15) is 10.1 Å². The fraction of sp³-hybridized carbons (Fsp3) is 0.615. The summed E-state index contributed by atoms with van der Waals surface area (Å²) in [5.41, 5.74) is 5.49. The monoisotopic (exact) mass is 279 g/mol. The zero-order chi connectivity index (χ0) is 14.4. The lowest BCUT2D eigenvalue weighted by Gasteiger charge is -2.34. The van der Waals surface area contributed by atoms with Crippen LogP contribution in [-0.4, -0.2) is 54.1 Å². The number of nitrogens with two attached hydrogens (primary N) is 1. The standard InChI is InChI=1S/C13H21N5O2/c14-6-1-2-7-16-8-10-17(11-9-16)12-4-3-5-13(15-12)18(19)20/h3-5H,1-2,6-11,14H2. The predicted molar refractivity (Wildman–Crippen MR) is 77.8 cm³/mol. The zero-order valence-electron chi connectivity index (χ0n) is 11.6. The maximum Gasteiger partial charge on any atom is 0.365 e. The minimum atomic E-state index is -0.452. The fourth-order valence-corrected chi connectivity index (χ4v) is 2.37. The highest BCUT2D eigenvalue weighted by Gasteiger charge is 2.21. The van der Waals surface area contributed by atoms with Crippen molar-refractivity contribution in [1.29, 1.82) is 0 Å². The van der Waals surface area contributed by atoms with Crippen LogP contribution in [0.3, 0.4) is 0 Å². The normalized spacial score (nSPS) is 16.4. The summed E-state index contributed by atoms with van der Waals surface area (Å²) in [7, 11) is 0. The van der Waals surface area contributed by atoms with Crippen molar-refractivity contribution in [2.75, 3.05) is 44.2 Å².